The molecule has 0 saturated carbocycles. The third kappa shape index (κ3) is 2.06. The zero-order chi connectivity index (χ0) is 11.5. The number of hydrogen-bond acceptors (Lipinski definition) is 4. The Hall–Kier alpha value is -1.43. The van der Waals surface area contributed by atoms with Crippen molar-refractivity contribution in [2.75, 3.05) is 5.73 Å². The van der Waals surface area contributed by atoms with Gasteiger partial charge in [0.2, 0.25) is 0 Å². The first-order chi connectivity index (χ1) is 7.72. The Balaban J connectivity index is 2.26. The third-order valence-corrected chi connectivity index (χ3v) is 3.35. The van der Waals surface area contributed by atoms with Crippen LogP contribution in [0.4, 0.5) is 5.69 Å². The average molecular weight is 237 g/mol. The lowest BCUT2D eigenvalue weighted by atomic mass is 10.2. The van der Waals surface area contributed by atoms with Gasteiger partial charge in [-0.2, -0.15) is 5.10 Å². The summed E-state index contributed by atoms with van der Waals surface area (Å²) < 4.78 is 1.81. The van der Waals surface area contributed by atoms with Gasteiger partial charge >= 0.3 is 0 Å². The summed E-state index contributed by atoms with van der Waals surface area (Å²) >= 11 is 1.50. The fourth-order valence-corrected chi connectivity index (χ4v) is 2.34. The number of hydrogen-bond donors (Lipinski definition) is 2. The van der Waals surface area contributed by atoms with Crippen molar-refractivity contribution in [3.05, 3.63) is 18.1 Å². The van der Waals surface area contributed by atoms with E-state index in [0.29, 0.717) is 0 Å². The molecule has 0 atom stereocenters. The van der Waals surface area contributed by atoms with Crippen LogP contribution in [0.15, 0.2) is 22.6 Å². The SMILES string of the molecule is CCCc1nn(C)c(Sc2ncc[nH]2)c1N. The molecule has 0 spiro atoms. The fraction of sp³-hybridized carbons (Fsp3) is 0.400. The van der Waals surface area contributed by atoms with E-state index in [9.17, 15) is 0 Å². The highest BCUT2D eigenvalue weighted by molar-refractivity contribution is 7.99. The van der Waals surface area contributed by atoms with Crippen molar-refractivity contribution in [2.45, 2.75) is 29.9 Å². The average Bonchev–Trinajstić information content (AvgIpc) is 2.84. The van der Waals surface area contributed by atoms with Crippen LogP contribution in [0, 0.1) is 0 Å². The molecule has 0 aromatic carbocycles. The molecule has 2 heterocycles. The molecule has 0 aliphatic carbocycles. The van der Waals surface area contributed by atoms with E-state index >= 15 is 0 Å². The van der Waals surface area contributed by atoms with E-state index in [1.807, 2.05) is 11.7 Å². The predicted molar refractivity (Wildman–Crippen MR) is 64.3 cm³/mol. The van der Waals surface area contributed by atoms with Crippen LogP contribution in [-0.2, 0) is 13.5 Å². The van der Waals surface area contributed by atoms with E-state index in [0.717, 1.165) is 34.4 Å². The highest BCUT2D eigenvalue weighted by Gasteiger charge is 2.14. The zero-order valence-electron chi connectivity index (χ0n) is 9.40. The van der Waals surface area contributed by atoms with Crippen molar-refractivity contribution in [3.63, 3.8) is 0 Å². The summed E-state index contributed by atoms with van der Waals surface area (Å²) in [6.45, 7) is 2.12. The van der Waals surface area contributed by atoms with E-state index < -0.39 is 0 Å². The van der Waals surface area contributed by atoms with E-state index in [-0.39, 0.29) is 0 Å². The van der Waals surface area contributed by atoms with Crippen molar-refractivity contribution in [1.82, 2.24) is 19.7 Å². The Morgan fingerprint density at radius 1 is 1.56 bits per heavy atom. The van der Waals surface area contributed by atoms with Crippen molar-refractivity contribution in [3.8, 4) is 0 Å². The molecule has 0 aliphatic heterocycles. The summed E-state index contributed by atoms with van der Waals surface area (Å²) in [5.74, 6) is 0. The number of aromatic amines is 1. The molecule has 0 fully saturated rings. The lowest BCUT2D eigenvalue weighted by molar-refractivity contribution is 0.681. The van der Waals surface area contributed by atoms with Crippen LogP contribution >= 0.6 is 11.8 Å². The summed E-state index contributed by atoms with van der Waals surface area (Å²) in [5, 5.41) is 6.18. The predicted octanol–water partition coefficient (Wildman–Crippen LogP) is 1.83. The van der Waals surface area contributed by atoms with Crippen molar-refractivity contribution in [2.24, 2.45) is 7.05 Å². The monoisotopic (exact) mass is 237 g/mol. The molecular formula is C10H15N5S. The summed E-state index contributed by atoms with van der Waals surface area (Å²) in [6, 6.07) is 0. The molecule has 0 unspecified atom stereocenters. The molecule has 0 radical (unpaired) electrons. The molecule has 16 heavy (non-hydrogen) atoms. The molecule has 6 heteroatoms. The number of nitrogens with zero attached hydrogens (tertiary/aromatic N) is 3. The van der Waals surface area contributed by atoms with Crippen LogP contribution < -0.4 is 5.73 Å². The molecule has 3 N–H and O–H groups in total. The van der Waals surface area contributed by atoms with E-state index in [4.69, 9.17) is 5.73 Å². The van der Waals surface area contributed by atoms with Gasteiger partial charge in [-0.1, -0.05) is 13.3 Å². The van der Waals surface area contributed by atoms with E-state index in [2.05, 4.69) is 22.0 Å². The lowest BCUT2D eigenvalue weighted by Crippen LogP contribution is -1.94. The maximum absolute atomic E-state index is 6.06. The number of nitrogen functional groups attached to an aromatic ring is 1. The molecule has 86 valence electrons. The quantitative estimate of drug-likeness (QED) is 0.851. The minimum absolute atomic E-state index is 0.769. The van der Waals surface area contributed by atoms with Gasteiger partial charge in [-0.05, 0) is 18.2 Å². The third-order valence-electron chi connectivity index (χ3n) is 2.26. The summed E-state index contributed by atoms with van der Waals surface area (Å²) in [7, 11) is 1.90. The number of H-pyrrole nitrogens is 1. The van der Waals surface area contributed by atoms with Gasteiger partial charge in [0.15, 0.2) is 5.16 Å². The van der Waals surface area contributed by atoms with Crippen molar-refractivity contribution in [1.29, 1.82) is 0 Å². The first kappa shape index (κ1) is 11.1. The molecule has 0 bridgehead atoms. The molecule has 2 aromatic rings. The van der Waals surface area contributed by atoms with Gasteiger partial charge in [0.25, 0.3) is 0 Å². The molecule has 0 saturated heterocycles. The zero-order valence-corrected chi connectivity index (χ0v) is 10.2. The van der Waals surface area contributed by atoms with Gasteiger partial charge in [0.05, 0.1) is 11.4 Å². The number of nitrogens with two attached hydrogens (primary N) is 1. The van der Waals surface area contributed by atoms with Gasteiger partial charge in [-0.15, -0.1) is 0 Å². The summed E-state index contributed by atoms with van der Waals surface area (Å²) in [6.07, 6.45) is 5.48. The Labute approximate surface area is 98.4 Å². The molecule has 5 nitrogen and oxygen atoms in total. The number of rotatable bonds is 4. The largest absolute Gasteiger partial charge is 0.395 e. The minimum atomic E-state index is 0.769. The number of imidazole rings is 1. The first-order valence-corrected chi connectivity index (χ1v) is 6.02. The standard InChI is InChI=1S/C10H15N5S/c1-3-4-7-8(11)9(15(2)14-7)16-10-12-5-6-13-10/h5-6H,3-4,11H2,1-2H3,(H,12,13). The second-order valence-electron chi connectivity index (χ2n) is 3.54. The van der Waals surface area contributed by atoms with Gasteiger partial charge in [-0.3, -0.25) is 4.68 Å². The number of nitrogens with one attached hydrogen (secondary N) is 1. The van der Waals surface area contributed by atoms with Crippen LogP contribution in [0.2, 0.25) is 0 Å². The second-order valence-corrected chi connectivity index (χ2v) is 4.51. The Morgan fingerprint density at radius 3 is 3.00 bits per heavy atom. The van der Waals surface area contributed by atoms with Gasteiger partial charge in [0.1, 0.15) is 5.03 Å². The van der Waals surface area contributed by atoms with Gasteiger partial charge in [-0.25, -0.2) is 4.98 Å². The molecule has 0 amide bonds. The summed E-state index contributed by atoms with van der Waals surface area (Å²) in [5.41, 5.74) is 7.80. The maximum Gasteiger partial charge on any atom is 0.171 e. The first-order valence-electron chi connectivity index (χ1n) is 5.21. The Bertz CT molecular complexity index is 460. The number of aromatic nitrogens is 4. The minimum Gasteiger partial charge on any atom is -0.395 e. The normalized spacial score (nSPS) is 10.9. The van der Waals surface area contributed by atoms with Crippen LogP contribution in [0.5, 0.6) is 0 Å². The Kier molecular flexibility index (Phi) is 3.19. The van der Waals surface area contributed by atoms with Crippen molar-refractivity contribution >= 4 is 17.4 Å². The molecule has 2 rings (SSSR count). The summed E-state index contributed by atoms with van der Waals surface area (Å²) in [4.78, 5) is 7.20. The lowest BCUT2D eigenvalue weighted by Gasteiger charge is -1.99. The van der Waals surface area contributed by atoms with Crippen molar-refractivity contribution < 1.29 is 0 Å². The molecular weight excluding hydrogens is 222 g/mol. The fourth-order valence-electron chi connectivity index (χ4n) is 1.52. The Morgan fingerprint density at radius 2 is 2.38 bits per heavy atom. The van der Waals surface area contributed by atoms with Gasteiger partial charge in [0, 0.05) is 19.4 Å². The van der Waals surface area contributed by atoms with Gasteiger partial charge < -0.3 is 10.7 Å². The number of anilines is 1. The topological polar surface area (TPSA) is 72.5 Å². The molecule has 2 aromatic heterocycles. The van der Waals surface area contributed by atoms with E-state index in [1.54, 1.807) is 12.4 Å². The highest BCUT2D eigenvalue weighted by Crippen LogP contribution is 2.31. The van der Waals surface area contributed by atoms with Crippen LogP contribution in [0.1, 0.15) is 19.0 Å². The number of aryl methyl sites for hydroxylation is 2. The smallest absolute Gasteiger partial charge is 0.171 e. The van der Waals surface area contributed by atoms with Crippen LogP contribution in [0.3, 0.4) is 0 Å². The molecule has 0 aliphatic rings. The maximum atomic E-state index is 6.06. The highest BCUT2D eigenvalue weighted by atomic mass is 32.2. The second kappa shape index (κ2) is 4.61. The van der Waals surface area contributed by atoms with Crippen LogP contribution in [0.25, 0.3) is 0 Å². The van der Waals surface area contributed by atoms with E-state index in [1.165, 1.54) is 11.8 Å². The van der Waals surface area contributed by atoms with Crippen LogP contribution in [-0.4, -0.2) is 19.7 Å².